The van der Waals surface area contributed by atoms with Gasteiger partial charge in [0.15, 0.2) is 0 Å². The van der Waals surface area contributed by atoms with Crippen molar-refractivity contribution in [2.45, 2.75) is 12.2 Å². The van der Waals surface area contributed by atoms with Crippen molar-refractivity contribution in [2.24, 2.45) is 11.8 Å². The van der Waals surface area contributed by atoms with Gasteiger partial charge in [-0.2, -0.15) is 0 Å². The summed E-state index contributed by atoms with van der Waals surface area (Å²) in [4.78, 5) is 25.9. The second-order valence-electron chi connectivity index (χ2n) is 5.61. The average Bonchev–Trinajstić information content (AvgIpc) is 3.01. The van der Waals surface area contributed by atoms with E-state index < -0.39 is 30.0 Å². The van der Waals surface area contributed by atoms with E-state index in [0.717, 1.165) is 26.2 Å². The SMILES string of the molecule is CN1CCN(NC(=O)[C@H]2[C@@H](C(=O)O)[C@H]3C=C[C@@H]2O3)CC1. The van der Waals surface area contributed by atoms with Gasteiger partial charge in [-0.25, -0.2) is 5.01 Å². The fourth-order valence-corrected chi connectivity index (χ4v) is 3.06. The molecule has 2 bridgehead atoms. The number of nitrogens with one attached hydrogen (secondary N) is 1. The van der Waals surface area contributed by atoms with Gasteiger partial charge in [-0.3, -0.25) is 15.0 Å². The van der Waals surface area contributed by atoms with Gasteiger partial charge in [0.1, 0.15) is 5.92 Å². The maximum Gasteiger partial charge on any atom is 0.310 e. The van der Waals surface area contributed by atoms with Gasteiger partial charge >= 0.3 is 5.97 Å². The predicted octanol–water partition coefficient (Wildman–Crippen LogP) is -1.08. The lowest BCUT2D eigenvalue weighted by atomic mass is 9.82. The first-order valence-electron chi connectivity index (χ1n) is 6.87. The Morgan fingerprint density at radius 3 is 2.35 bits per heavy atom. The molecular formula is C13H19N3O4. The number of carbonyl (C=O) groups is 2. The van der Waals surface area contributed by atoms with Crippen LogP contribution in [-0.2, 0) is 14.3 Å². The Morgan fingerprint density at radius 2 is 1.75 bits per heavy atom. The zero-order valence-electron chi connectivity index (χ0n) is 11.4. The van der Waals surface area contributed by atoms with Crippen LogP contribution in [0.1, 0.15) is 0 Å². The van der Waals surface area contributed by atoms with E-state index in [0.29, 0.717) is 0 Å². The summed E-state index contributed by atoms with van der Waals surface area (Å²) in [6.07, 6.45) is 2.65. The van der Waals surface area contributed by atoms with Crippen LogP contribution < -0.4 is 5.43 Å². The minimum Gasteiger partial charge on any atom is -0.481 e. The Kier molecular flexibility index (Phi) is 3.49. The molecule has 0 aliphatic carbocycles. The second-order valence-corrected chi connectivity index (χ2v) is 5.61. The van der Waals surface area contributed by atoms with Crippen molar-refractivity contribution in [1.29, 1.82) is 0 Å². The van der Waals surface area contributed by atoms with Crippen molar-refractivity contribution in [3.8, 4) is 0 Å². The largest absolute Gasteiger partial charge is 0.481 e. The number of nitrogens with zero attached hydrogens (tertiary/aromatic N) is 2. The number of likely N-dealkylation sites (N-methyl/N-ethyl adjacent to an activating group) is 1. The summed E-state index contributed by atoms with van der Waals surface area (Å²) in [5, 5.41) is 11.1. The molecule has 2 fully saturated rings. The number of carboxylic acid groups (broad SMARTS) is 1. The van der Waals surface area contributed by atoms with Gasteiger partial charge in [-0.05, 0) is 7.05 Å². The Morgan fingerprint density at radius 1 is 1.15 bits per heavy atom. The maximum atomic E-state index is 12.4. The molecule has 3 heterocycles. The highest BCUT2D eigenvalue weighted by Gasteiger charge is 2.53. The molecule has 3 aliphatic rings. The van der Waals surface area contributed by atoms with Crippen LogP contribution in [0.5, 0.6) is 0 Å². The van der Waals surface area contributed by atoms with E-state index in [9.17, 15) is 14.7 Å². The number of piperazine rings is 1. The third kappa shape index (κ3) is 2.32. The zero-order valence-corrected chi connectivity index (χ0v) is 11.4. The van der Waals surface area contributed by atoms with Crippen LogP contribution in [0.25, 0.3) is 0 Å². The van der Waals surface area contributed by atoms with Crippen LogP contribution in [0.3, 0.4) is 0 Å². The van der Waals surface area contributed by atoms with E-state index in [1.54, 1.807) is 12.2 Å². The van der Waals surface area contributed by atoms with Crippen LogP contribution in [-0.4, -0.2) is 72.3 Å². The van der Waals surface area contributed by atoms with Gasteiger partial charge in [0.2, 0.25) is 5.91 Å². The highest BCUT2D eigenvalue weighted by Crippen LogP contribution is 2.39. The normalized spacial score (nSPS) is 37.2. The molecule has 3 aliphatic heterocycles. The molecule has 2 saturated heterocycles. The monoisotopic (exact) mass is 281 g/mol. The minimum atomic E-state index is -0.972. The highest BCUT2D eigenvalue weighted by molar-refractivity contribution is 5.87. The molecule has 7 nitrogen and oxygen atoms in total. The first-order chi connectivity index (χ1) is 9.56. The quantitative estimate of drug-likeness (QED) is 0.640. The lowest BCUT2D eigenvalue weighted by Crippen LogP contribution is -2.55. The molecule has 110 valence electrons. The molecule has 0 unspecified atom stereocenters. The van der Waals surface area contributed by atoms with Crippen molar-refractivity contribution < 1.29 is 19.4 Å². The Hall–Kier alpha value is -1.44. The van der Waals surface area contributed by atoms with Crippen LogP contribution in [0, 0.1) is 11.8 Å². The van der Waals surface area contributed by atoms with Crippen molar-refractivity contribution in [3.63, 3.8) is 0 Å². The molecule has 7 heteroatoms. The number of rotatable bonds is 3. The van der Waals surface area contributed by atoms with Crippen LogP contribution in [0.4, 0.5) is 0 Å². The zero-order chi connectivity index (χ0) is 14.3. The third-order valence-corrected chi connectivity index (χ3v) is 4.26. The van der Waals surface area contributed by atoms with Gasteiger partial charge in [0.05, 0.1) is 18.1 Å². The fourth-order valence-electron chi connectivity index (χ4n) is 3.06. The van der Waals surface area contributed by atoms with E-state index in [4.69, 9.17) is 4.74 Å². The van der Waals surface area contributed by atoms with Gasteiger partial charge in [0, 0.05) is 26.2 Å². The Labute approximate surface area is 117 Å². The van der Waals surface area contributed by atoms with E-state index in [2.05, 4.69) is 10.3 Å². The summed E-state index contributed by atoms with van der Waals surface area (Å²) in [5.41, 5.74) is 2.84. The number of carboxylic acids is 1. The molecule has 1 amide bonds. The van der Waals surface area contributed by atoms with E-state index in [1.807, 2.05) is 12.1 Å². The predicted molar refractivity (Wildman–Crippen MR) is 69.6 cm³/mol. The number of aliphatic carboxylic acids is 1. The molecule has 0 radical (unpaired) electrons. The summed E-state index contributed by atoms with van der Waals surface area (Å²) in [5.74, 6) is -2.64. The molecule has 3 rings (SSSR count). The number of hydrazine groups is 1. The number of fused-ring (bicyclic) bond motifs is 2. The van der Waals surface area contributed by atoms with Crippen molar-refractivity contribution >= 4 is 11.9 Å². The smallest absolute Gasteiger partial charge is 0.310 e. The topological polar surface area (TPSA) is 82.1 Å². The van der Waals surface area contributed by atoms with Crippen molar-refractivity contribution in [3.05, 3.63) is 12.2 Å². The Balaban J connectivity index is 1.64. The molecule has 4 atom stereocenters. The van der Waals surface area contributed by atoms with Gasteiger partial charge in [-0.15, -0.1) is 0 Å². The molecule has 0 aromatic carbocycles. The van der Waals surface area contributed by atoms with Crippen LogP contribution in [0.15, 0.2) is 12.2 Å². The van der Waals surface area contributed by atoms with Gasteiger partial charge in [0.25, 0.3) is 0 Å². The van der Waals surface area contributed by atoms with Crippen molar-refractivity contribution in [2.75, 3.05) is 33.2 Å². The minimum absolute atomic E-state index is 0.251. The average molecular weight is 281 g/mol. The number of hydrogen-bond acceptors (Lipinski definition) is 5. The number of amides is 1. The van der Waals surface area contributed by atoms with E-state index in [1.165, 1.54) is 0 Å². The van der Waals surface area contributed by atoms with E-state index >= 15 is 0 Å². The molecule has 0 aromatic rings. The first-order valence-corrected chi connectivity index (χ1v) is 6.87. The van der Waals surface area contributed by atoms with Gasteiger partial charge < -0.3 is 14.7 Å². The molecule has 2 N–H and O–H groups in total. The number of ether oxygens (including phenoxy) is 1. The summed E-state index contributed by atoms with van der Waals surface area (Å²) < 4.78 is 5.51. The summed E-state index contributed by atoms with van der Waals surface area (Å²) >= 11 is 0. The molecular weight excluding hydrogens is 262 g/mol. The van der Waals surface area contributed by atoms with Crippen molar-refractivity contribution in [1.82, 2.24) is 15.3 Å². The second kappa shape index (κ2) is 5.16. The number of hydrogen-bond donors (Lipinski definition) is 2. The molecule has 0 aromatic heterocycles. The summed E-state index contributed by atoms with van der Waals surface area (Å²) in [6, 6.07) is 0. The summed E-state index contributed by atoms with van der Waals surface area (Å²) in [7, 11) is 2.04. The summed E-state index contributed by atoms with van der Waals surface area (Å²) in [6.45, 7) is 3.26. The van der Waals surface area contributed by atoms with Gasteiger partial charge in [-0.1, -0.05) is 12.2 Å². The first kappa shape index (κ1) is 13.5. The van der Waals surface area contributed by atoms with Crippen LogP contribution >= 0.6 is 0 Å². The van der Waals surface area contributed by atoms with Crippen LogP contribution in [0.2, 0.25) is 0 Å². The third-order valence-electron chi connectivity index (χ3n) is 4.26. The number of carbonyl (C=O) groups excluding carboxylic acids is 1. The lowest BCUT2D eigenvalue weighted by Gasteiger charge is -2.33. The molecule has 0 spiro atoms. The highest BCUT2D eigenvalue weighted by atomic mass is 16.5. The molecule has 20 heavy (non-hydrogen) atoms. The maximum absolute atomic E-state index is 12.4. The standard InChI is InChI=1S/C13H19N3O4/c1-15-4-6-16(7-5-15)14-12(17)10-8-2-3-9(20-8)11(10)13(18)19/h2-3,8-11H,4-7H2,1H3,(H,14,17)(H,18,19)/t8-,9+,10+,11-/m0/s1. The molecule has 0 saturated carbocycles. The lowest BCUT2D eigenvalue weighted by molar-refractivity contribution is -0.148. The van der Waals surface area contributed by atoms with E-state index in [-0.39, 0.29) is 5.91 Å². The Bertz CT molecular complexity index is 445. The fraction of sp³-hybridized carbons (Fsp3) is 0.692.